The van der Waals surface area contributed by atoms with Crippen LogP contribution in [-0.2, 0) is 4.74 Å². The molecule has 2 aliphatic rings. The monoisotopic (exact) mass is 236 g/mol. The van der Waals surface area contributed by atoms with Crippen LogP contribution in [0.3, 0.4) is 0 Å². The molecule has 0 radical (unpaired) electrons. The Balaban J connectivity index is 1.88. The van der Waals surface area contributed by atoms with Gasteiger partial charge in [-0.2, -0.15) is 0 Å². The Morgan fingerprint density at radius 1 is 1.29 bits per heavy atom. The Hall–Kier alpha value is -1.42. The van der Waals surface area contributed by atoms with Crippen molar-refractivity contribution in [3.05, 3.63) is 29.6 Å². The molecule has 0 saturated carbocycles. The molecule has 3 rings (SSSR count). The molecule has 1 aromatic carbocycles. The number of fused-ring (bicyclic) bond motifs is 1. The summed E-state index contributed by atoms with van der Waals surface area (Å²) in [5, 5.41) is 0. The molecule has 1 fully saturated rings. The number of carbonyl (C=O) groups is 1. The van der Waals surface area contributed by atoms with Crippen LogP contribution in [0.1, 0.15) is 29.6 Å². The van der Waals surface area contributed by atoms with E-state index in [1.54, 1.807) is 0 Å². The molecular weight excluding hydrogens is 223 g/mol. The summed E-state index contributed by atoms with van der Waals surface area (Å²) in [6.07, 6.45) is 1.93. The fraction of sp³-hybridized carbons (Fsp3) is 0.462. The second-order valence-electron chi connectivity index (χ2n) is 4.48. The zero-order chi connectivity index (χ0) is 11.8. The largest absolute Gasteiger partial charge is 0.486 e. The van der Waals surface area contributed by atoms with E-state index in [2.05, 4.69) is 0 Å². The lowest BCUT2D eigenvalue weighted by Gasteiger charge is -2.28. The van der Waals surface area contributed by atoms with Gasteiger partial charge in [0.25, 0.3) is 0 Å². The van der Waals surface area contributed by atoms with Crippen LogP contribution in [0.25, 0.3) is 0 Å². The highest BCUT2D eigenvalue weighted by Gasteiger charge is 2.34. The maximum absolute atomic E-state index is 13.1. The minimum absolute atomic E-state index is 0.00625. The van der Waals surface area contributed by atoms with Gasteiger partial charge in [0.2, 0.25) is 0 Å². The predicted octanol–water partition coefficient (Wildman–Crippen LogP) is 2.34. The topological polar surface area (TPSA) is 35.5 Å². The molecule has 2 aliphatic heterocycles. The van der Waals surface area contributed by atoms with E-state index in [-0.39, 0.29) is 23.8 Å². The number of ether oxygens (including phenoxy) is 2. The highest BCUT2D eigenvalue weighted by atomic mass is 19.1. The first-order valence-corrected chi connectivity index (χ1v) is 5.85. The van der Waals surface area contributed by atoms with Crippen LogP contribution in [0.4, 0.5) is 4.39 Å². The molecule has 2 atom stereocenters. The van der Waals surface area contributed by atoms with Gasteiger partial charge in [0, 0.05) is 12.7 Å². The summed E-state index contributed by atoms with van der Waals surface area (Å²) in [7, 11) is 0. The molecule has 0 spiro atoms. The number of carbonyl (C=O) groups excluding carboxylic acids is 1. The van der Waals surface area contributed by atoms with Crippen molar-refractivity contribution >= 4 is 5.78 Å². The number of hydrogen-bond donors (Lipinski definition) is 0. The average molecular weight is 236 g/mol. The van der Waals surface area contributed by atoms with Crippen molar-refractivity contribution in [1.29, 1.82) is 0 Å². The normalized spacial score (nSPS) is 27.7. The first-order valence-electron chi connectivity index (χ1n) is 5.85. The van der Waals surface area contributed by atoms with Crippen molar-refractivity contribution in [2.75, 3.05) is 6.61 Å². The molecule has 90 valence electrons. The lowest BCUT2D eigenvalue weighted by molar-refractivity contribution is 0.00477. The van der Waals surface area contributed by atoms with Gasteiger partial charge >= 0.3 is 0 Å². The molecule has 0 amide bonds. The highest BCUT2D eigenvalue weighted by molar-refractivity contribution is 5.99. The summed E-state index contributed by atoms with van der Waals surface area (Å²) in [6, 6.07) is 4.04. The van der Waals surface area contributed by atoms with E-state index in [0.717, 1.165) is 12.8 Å². The van der Waals surface area contributed by atoms with E-state index < -0.39 is 0 Å². The van der Waals surface area contributed by atoms with E-state index in [0.29, 0.717) is 24.3 Å². The number of rotatable bonds is 1. The van der Waals surface area contributed by atoms with Crippen molar-refractivity contribution in [3.8, 4) is 5.75 Å². The van der Waals surface area contributed by atoms with Crippen LogP contribution in [0.15, 0.2) is 18.2 Å². The highest BCUT2D eigenvalue weighted by Crippen LogP contribution is 2.32. The lowest BCUT2D eigenvalue weighted by atomic mass is 9.96. The Morgan fingerprint density at radius 3 is 2.94 bits per heavy atom. The third kappa shape index (κ3) is 1.93. The van der Waals surface area contributed by atoms with E-state index in [4.69, 9.17) is 9.47 Å². The van der Waals surface area contributed by atoms with Crippen LogP contribution in [0, 0.1) is 5.82 Å². The van der Waals surface area contributed by atoms with Crippen LogP contribution in [0.2, 0.25) is 0 Å². The van der Waals surface area contributed by atoms with Gasteiger partial charge in [0.15, 0.2) is 5.78 Å². The Bertz CT molecular complexity index is 452. The summed E-state index contributed by atoms with van der Waals surface area (Å²) in [6.45, 7) is 0.717. The summed E-state index contributed by atoms with van der Waals surface area (Å²) in [5.74, 6) is -0.0296. The first kappa shape index (κ1) is 10.7. The van der Waals surface area contributed by atoms with Gasteiger partial charge in [-0.25, -0.2) is 4.39 Å². The second kappa shape index (κ2) is 4.11. The van der Waals surface area contributed by atoms with Crippen molar-refractivity contribution in [3.63, 3.8) is 0 Å². The Morgan fingerprint density at radius 2 is 2.18 bits per heavy atom. The fourth-order valence-corrected chi connectivity index (χ4v) is 2.42. The molecule has 2 heterocycles. The standard InChI is InChI=1S/C13H13FO3/c14-8-3-4-9-10(15)7-13(17-12(9)6-8)11-2-1-5-16-11/h3-4,6,11,13H,1-2,5,7H2. The molecule has 17 heavy (non-hydrogen) atoms. The molecule has 0 N–H and O–H groups in total. The summed E-state index contributed by atoms with van der Waals surface area (Å²) >= 11 is 0. The van der Waals surface area contributed by atoms with Gasteiger partial charge < -0.3 is 9.47 Å². The SMILES string of the molecule is O=C1CC(C2CCCO2)Oc2cc(F)ccc21. The maximum Gasteiger partial charge on any atom is 0.170 e. The van der Waals surface area contributed by atoms with E-state index >= 15 is 0 Å². The van der Waals surface area contributed by atoms with E-state index in [9.17, 15) is 9.18 Å². The third-order valence-electron chi connectivity index (χ3n) is 3.29. The van der Waals surface area contributed by atoms with E-state index in [1.165, 1.54) is 18.2 Å². The summed E-state index contributed by atoms with van der Waals surface area (Å²) in [5.41, 5.74) is 0.473. The quantitative estimate of drug-likeness (QED) is 0.750. The van der Waals surface area contributed by atoms with Crippen molar-refractivity contribution in [2.24, 2.45) is 0 Å². The molecule has 0 aliphatic carbocycles. The van der Waals surface area contributed by atoms with Crippen LogP contribution >= 0.6 is 0 Å². The van der Waals surface area contributed by atoms with Crippen LogP contribution < -0.4 is 4.74 Å². The average Bonchev–Trinajstić information content (AvgIpc) is 2.81. The van der Waals surface area contributed by atoms with Gasteiger partial charge in [0.05, 0.1) is 18.1 Å². The summed E-state index contributed by atoms with van der Waals surface area (Å²) < 4.78 is 24.3. The van der Waals surface area contributed by atoms with Crippen molar-refractivity contribution in [2.45, 2.75) is 31.5 Å². The molecule has 4 heteroatoms. The van der Waals surface area contributed by atoms with Gasteiger partial charge in [-0.3, -0.25) is 4.79 Å². The Kier molecular flexibility index (Phi) is 2.59. The molecule has 0 bridgehead atoms. The second-order valence-corrected chi connectivity index (χ2v) is 4.48. The molecule has 1 aromatic rings. The van der Waals surface area contributed by atoms with Gasteiger partial charge in [0.1, 0.15) is 17.7 Å². The Labute approximate surface area is 98.5 Å². The maximum atomic E-state index is 13.1. The first-order chi connectivity index (χ1) is 8.24. The number of hydrogen-bond acceptors (Lipinski definition) is 3. The molecule has 2 unspecified atom stereocenters. The minimum atomic E-state index is -0.385. The van der Waals surface area contributed by atoms with Crippen molar-refractivity contribution in [1.82, 2.24) is 0 Å². The molecule has 0 aromatic heterocycles. The van der Waals surface area contributed by atoms with E-state index in [1.807, 2.05) is 0 Å². The molecule has 3 nitrogen and oxygen atoms in total. The molecular formula is C13H13FO3. The number of Topliss-reactive ketones (excluding diaryl/α,β-unsaturated/α-hetero) is 1. The zero-order valence-electron chi connectivity index (χ0n) is 9.32. The lowest BCUT2D eigenvalue weighted by Crippen LogP contribution is -2.37. The minimum Gasteiger partial charge on any atom is -0.486 e. The third-order valence-corrected chi connectivity index (χ3v) is 3.29. The van der Waals surface area contributed by atoms with Crippen LogP contribution in [-0.4, -0.2) is 24.6 Å². The number of halogens is 1. The smallest absolute Gasteiger partial charge is 0.170 e. The van der Waals surface area contributed by atoms with Gasteiger partial charge in [-0.15, -0.1) is 0 Å². The zero-order valence-corrected chi connectivity index (χ0v) is 9.32. The van der Waals surface area contributed by atoms with Crippen LogP contribution in [0.5, 0.6) is 5.75 Å². The predicted molar refractivity (Wildman–Crippen MR) is 58.7 cm³/mol. The van der Waals surface area contributed by atoms with Gasteiger partial charge in [-0.1, -0.05) is 0 Å². The summed E-state index contributed by atoms with van der Waals surface area (Å²) in [4.78, 5) is 11.9. The molecule has 1 saturated heterocycles. The fourth-order valence-electron chi connectivity index (χ4n) is 2.42. The number of ketones is 1. The number of benzene rings is 1. The van der Waals surface area contributed by atoms with Gasteiger partial charge in [-0.05, 0) is 25.0 Å². The van der Waals surface area contributed by atoms with Crippen molar-refractivity contribution < 1.29 is 18.7 Å².